The van der Waals surface area contributed by atoms with Crippen molar-refractivity contribution in [3.05, 3.63) is 77.5 Å². The third-order valence-corrected chi connectivity index (χ3v) is 4.37. The molecule has 1 amide bonds. The van der Waals surface area contributed by atoms with E-state index >= 15 is 0 Å². The van der Waals surface area contributed by atoms with Crippen LogP contribution >= 0.6 is 0 Å². The molecule has 0 saturated heterocycles. The smallest absolute Gasteiger partial charge is 0.248 e. The second-order valence-corrected chi connectivity index (χ2v) is 6.24. The third kappa shape index (κ3) is 4.50. The molecule has 3 rings (SSSR count). The minimum absolute atomic E-state index is 0.196. The van der Waals surface area contributed by atoms with Gasteiger partial charge in [0.2, 0.25) is 5.91 Å². The molecule has 5 heteroatoms. The van der Waals surface area contributed by atoms with Crippen molar-refractivity contribution in [1.82, 2.24) is 4.57 Å². The monoisotopic (exact) mass is 364 g/mol. The zero-order chi connectivity index (χ0) is 19.2. The lowest BCUT2D eigenvalue weighted by Crippen LogP contribution is -2.09. The molecule has 140 valence electrons. The SMILES string of the molecule is CCOc1ccccc1NC(=O)/C=C/c1cc(C)n(Cc2ccco2)c1C. The van der Waals surface area contributed by atoms with Crippen LogP contribution in [0.15, 0.2) is 59.2 Å². The van der Waals surface area contributed by atoms with Crippen molar-refractivity contribution in [3.63, 3.8) is 0 Å². The summed E-state index contributed by atoms with van der Waals surface area (Å²) < 4.78 is 13.1. The Bertz CT molecular complexity index is 937. The predicted octanol–water partition coefficient (Wildman–Crippen LogP) is 4.80. The molecule has 0 fully saturated rings. The van der Waals surface area contributed by atoms with Gasteiger partial charge in [-0.25, -0.2) is 0 Å². The molecular weight excluding hydrogens is 340 g/mol. The van der Waals surface area contributed by atoms with Gasteiger partial charge in [-0.3, -0.25) is 4.79 Å². The Morgan fingerprint density at radius 2 is 2.04 bits per heavy atom. The molecule has 0 aliphatic rings. The quantitative estimate of drug-likeness (QED) is 0.613. The van der Waals surface area contributed by atoms with Crippen LogP contribution in [-0.2, 0) is 11.3 Å². The van der Waals surface area contributed by atoms with Crippen LogP contribution in [0, 0.1) is 13.8 Å². The first-order valence-corrected chi connectivity index (χ1v) is 8.98. The Hall–Kier alpha value is -3.21. The van der Waals surface area contributed by atoms with E-state index in [1.54, 1.807) is 12.3 Å². The zero-order valence-electron chi connectivity index (χ0n) is 15.9. The Morgan fingerprint density at radius 1 is 1.22 bits per heavy atom. The van der Waals surface area contributed by atoms with Gasteiger partial charge in [0.25, 0.3) is 0 Å². The van der Waals surface area contributed by atoms with Gasteiger partial charge in [0, 0.05) is 17.5 Å². The minimum Gasteiger partial charge on any atom is -0.492 e. The number of rotatable bonds is 7. The van der Waals surface area contributed by atoms with E-state index in [1.807, 2.05) is 63.2 Å². The second kappa shape index (κ2) is 8.45. The Morgan fingerprint density at radius 3 is 2.78 bits per heavy atom. The van der Waals surface area contributed by atoms with E-state index in [9.17, 15) is 4.79 Å². The molecule has 0 saturated carbocycles. The first-order chi connectivity index (χ1) is 13.1. The summed E-state index contributed by atoms with van der Waals surface area (Å²) in [6.07, 6.45) is 5.05. The predicted molar refractivity (Wildman–Crippen MR) is 107 cm³/mol. The van der Waals surface area contributed by atoms with Gasteiger partial charge in [-0.2, -0.15) is 0 Å². The number of carbonyl (C=O) groups excluding carboxylic acids is 1. The number of benzene rings is 1. The van der Waals surface area contributed by atoms with Crippen molar-refractivity contribution < 1.29 is 13.9 Å². The number of aromatic nitrogens is 1. The van der Waals surface area contributed by atoms with E-state index in [0.29, 0.717) is 24.6 Å². The summed E-state index contributed by atoms with van der Waals surface area (Å²) in [5.41, 5.74) is 3.87. The highest BCUT2D eigenvalue weighted by molar-refractivity contribution is 6.02. The summed E-state index contributed by atoms with van der Waals surface area (Å²) >= 11 is 0. The number of amides is 1. The fourth-order valence-corrected chi connectivity index (χ4v) is 2.99. The van der Waals surface area contributed by atoms with Crippen molar-refractivity contribution in [2.45, 2.75) is 27.3 Å². The number of hydrogen-bond acceptors (Lipinski definition) is 3. The lowest BCUT2D eigenvalue weighted by Gasteiger charge is -2.09. The molecule has 3 aromatic rings. The average Bonchev–Trinajstić information content (AvgIpc) is 3.26. The second-order valence-electron chi connectivity index (χ2n) is 6.24. The van der Waals surface area contributed by atoms with Crippen molar-refractivity contribution in [2.75, 3.05) is 11.9 Å². The van der Waals surface area contributed by atoms with Crippen LogP contribution in [0.2, 0.25) is 0 Å². The van der Waals surface area contributed by atoms with Gasteiger partial charge in [-0.15, -0.1) is 0 Å². The van der Waals surface area contributed by atoms with E-state index in [0.717, 1.165) is 22.7 Å². The number of nitrogens with zero attached hydrogens (tertiary/aromatic N) is 1. The number of nitrogens with one attached hydrogen (secondary N) is 1. The highest BCUT2D eigenvalue weighted by Crippen LogP contribution is 2.24. The van der Waals surface area contributed by atoms with Crippen molar-refractivity contribution in [1.29, 1.82) is 0 Å². The van der Waals surface area contributed by atoms with E-state index in [2.05, 4.69) is 16.0 Å². The van der Waals surface area contributed by atoms with Crippen molar-refractivity contribution in [3.8, 4) is 5.75 Å². The average molecular weight is 364 g/mol. The van der Waals surface area contributed by atoms with Gasteiger partial charge >= 0.3 is 0 Å². The highest BCUT2D eigenvalue weighted by atomic mass is 16.5. The first kappa shape index (κ1) is 18.6. The number of anilines is 1. The van der Waals surface area contributed by atoms with Crippen LogP contribution in [0.3, 0.4) is 0 Å². The molecule has 0 unspecified atom stereocenters. The van der Waals surface area contributed by atoms with Crippen LogP contribution in [-0.4, -0.2) is 17.1 Å². The summed E-state index contributed by atoms with van der Waals surface area (Å²) in [6, 6.07) is 13.3. The number of ether oxygens (including phenoxy) is 1. The van der Waals surface area contributed by atoms with Crippen LogP contribution < -0.4 is 10.1 Å². The van der Waals surface area contributed by atoms with E-state index in [-0.39, 0.29) is 5.91 Å². The molecule has 5 nitrogen and oxygen atoms in total. The van der Waals surface area contributed by atoms with Gasteiger partial charge in [0.15, 0.2) is 0 Å². The van der Waals surface area contributed by atoms with Crippen LogP contribution in [0.25, 0.3) is 6.08 Å². The summed E-state index contributed by atoms with van der Waals surface area (Å²) in [7, 11) is 0. The largest absolute Gasteiger partial charge is 0.492 e. The van der Waals surface area contributed by atoms with E-state index in [1.165, 1.54) is 0 Å². The molecule has 27 heavy (non-hydrogen) atoms. The van der Waals surface area contributed by atoms with Crippen molar-refractivity contribution >= 4 is 17.7 Å². The fraction of sp³-hybridized carbons (Fsp3) is 0.227. The van der Waals surface area contributed by atoms with Crippen LogP contribution in [0.1, 0.15) is 29.6 Å². The lowest BCUT2D eigenvalue weighted by molar-refractivity contribution is -0.111. The number of hydrogen-bond donors (Lipinski definition) is 1. The molecular formula is C22H24N2O3. The molecule has 0 bridgehead atoms. The maximum atomic E-state index is 12.3. The Balaban J connectivity index is 1.72. The summed E-state index contributed by atoms with van der Waals surface area (Å²) in [5.74, 6) is 1.37. The van der Waals surface area contributed by atoms with Gasteiger partial charge in [-0.1, -0.05) is 12.1 Å². The molecule has 2 aromatic heterocycles. The summed E-state index contributed by atoms with van der Waals surface area (Å²) in [6.45, 7) is 7.22. The fourth-order valence-electron chi connectivity index (χ4n) is 2.99. The maximum absolute atomic E-state index is 12.3. The summed E-state index contributed by atoms with van der Waals surface area (Å²) in [5, 5.41) is 2.87. The summed E-state index contributed by atoms with van der Waals surface area (Å²) in [4.78, 5) is 12.3. The molecule has 0 spiro atoms. The zero-order valence-corrected chi connectivity index (χ0v) is 15.9. The third-order valence-electron chi connectivity index (χ3n) is 4.37. The van der Waals surface area contributed by atoms with E-state index < -0.39 is 0 Å². The van der Waals surface area contributed by atoms with Crippen LogP contribution in [0.5, 0.6) is 5.75 Å². The Kier molecular flexibility index (Phi) is 5.81. The van der Waals surface area contributed by atoms with Crippen molar-refractivity contribution in [2.24, 2.45) is 0 Å². The number of furan rings is 1. The number of aryl methyl sites for hydroxylation is 1. The molecule has 0 aliphatic heterocycles. The molecule has 1 N–H and O–H groups in total. The van der Waals surface area contributed by atoms with Crippen LogP contribution in [0.4, 0.5) is 5.69 Å². The maximum Gasteiger partial charge on any atom is 0.248 e. The number of para-hydroxylation sites is 2. The molecule has 2 heterocycles. The normalized spacial score (nSPS) is 11.1. The standard InChI is InChI=1S/C22H24N2O3/c1-4-26-21-10-6-5-9-20(21)23-22(25)12-11-18-14-16(2)24(17(18)3)15-19-8-7-13-27-19/h5-14H,4,15H2,1-3H3,(H,23,25)/b12-11+. The molecule has 0 radical (unpaired) electrons. The number of carbonyl (C=O) groups is 1. The van der Waals surface area contributed by atoms with Gasteiger partial charge in [0.05, 0.1) is 25.1 Å². The van der Waals surface area contributed by atoms with Gasteiger partial charge in [0.1, 0.15) is 11.5 Å². The first-order valence-electron chi connectivity index (χ1n) is 8.98. The molecule has 0 atom stereocenters. The van der Waals surface area contributed by atoms with E-state index in [4.69, 9.17) is 9.15 Å². The topological polar surface area (TPSA) is 56.4 Å². The molecule has 1 aromatic carbocycles. The van der Waals surface area contributed by atoms with Gasteiger partial charge in [-0.05, 0) is 62.7 Å². The minimum atomic E-state index is -0.196. The highest BCUT2D eigenvalue weighted by Gasteiger charge is 2.10. The lowest BCUT2D eigenvalue weighted by atomic mass is 10.2. The van der Waals surface area contributed by atoms with Gasteiger partial charge < -0.3 is 19.0 Å². The Labute approximate surface area is 159 Å². The molecule has 0 aliphatic carbocycles.